The Morgan fingerprint density at radius 3 is 1.23 bits per heavy atom. The van der Waals surface area contributed by atoms with Crippen LogP contribution >= 0.6 is 69.6 Å². The number of rotatable bonds is 6. The van der Waals surface area contributed by atoms with Crippen molar-refractivity contribution in [1.82, 2.24) is 0 Å². The van der Waals surface area contributed by atoms with Crippen LogP contribution in [-0.2, 0) is 39.7 Å². The van der Waals surface area contributed by atoms with E-state index in [0.29, 0.717) is 11.1 Å². The molecule has 0 aliphatic heterocycles. The van der Waals surface area contributed by atoms with Gasteiger partial charge in [-0.05, 0) is 0 Å². The van der Waals surface area contributed by atoms with Crippen LogP contribution in [0.25, 0.3) is 33.4 Å². The van der Waals surface area contributed by atoms with Crippen LogP contribution in [0.15, 0.2) is 155 Å². The zero-order valence-electron chi connectivity index (χ0n) is 34.5. The SMILES string of the molecule is CC(C)(C)c1cc2c(cc1-c1ccccc1)[CH]([Zr]([C]1=CC=CC1)=[C](c1ccc(C(Cl)(Cl)Cl)cc1)c1ccc(C(Cl)(Cl)Cl)cc1)c1cc(-c3ccccc3)c(C(C)(C)C)cc1-2. The summed E-state index contributed by atoms with van der Waals surface area (Å²) >= 11 is 35.5. The predicted molar refractivity (Wildman–Crippen MR) is 258 cm³/mol. The summed E-state index contributed by atoms with van der Waals surface area (Å²) in [5, 5.41) is 0. The molecular weight excluding hydrogens is 941 g/mol. The van der Waals surface area contributed by atoms with Gasteiger partial charge in [-0.3, -0.25) is 0 Å². The Kier molecular flexibility index (Phi) is 12.3. The summed E-state index contributed by atoms with van der Waals surface area (Å²) in [5.41, 5.74) is 16.3. The van der Waals surface area contributed by atoms with Crippen LogP contribution < -0.4 is 0 Å². The van der Waals surface area contributed by atoms with Gasteiger partial charge in [0.15, 0.2) is 0 Å². The fraction of sp³-hybridized carbons (Fsp3) is 0.226. The van der Waals surface area contributed by atoms with E-state index in [1.807, 2.05) is 24.3 Å². The Hall–Kier alpha value is -2.71. The number of hydrogen-bond donors (Lipinski definition) is 0. The predicted octanol–water partition coefficient (Wildman–Crippen LogP) is 17.1. The molecule has 6 aromatic carbocycles. The second-order valence-electron chi connectivity index (χ2n) is 17.9. The van der Waals surface area contributed by atoms with Crippen LogP contribution in [0.1, 0.15) is 96.1 Å². The molecule has 7 heteroatoms. The minimum atomic E-state index is -3.24. The topological polar surface area (TPSA) is 0 Å². The molecule has 0 nitrogen and oxygen atoms in total. The van der Waals surface area contributed by atoms with E-state index in [1.165, 1.54) is 62.1 Å². The normalized spacial score (nSPS) is 14.2. The Morgan fingerprint density at radius 1 is 0.500 bits per heavy atom. The molecule has 0 N–H and O–H groups in total. The van der Waals surface area contributed by atoms with Gasteiger partial charge in [0.05, 0.1) is 0 Å². The van der Waals surface area contributed by atoms with E-state index < -0.39 is 28.9 Å². The molecule has 0 saturated carbocycles. The molecule has 6 aromatic rings. The first-order valence-electron chi connectivity index (χ1n) is 20.2. The van der Waals surface area contributed by atoms with Crippen LogP contribution in [0.5, 0.6) is 0 Å². The van der Waals surface area contributed by atoms with Crippen molar-refractivity contribution >= 4 is 72.8 Å². The van der Waals surface area contributed by atoms with Crippen molar-refractivity contribution in [3.8, 4) is 33.4 Å². The Morgan fingerprint density at radius 2 is 0.900 bits per heavy atom. The zero-order valence-corrected chi connectivity index (χ0v) is 41.5. The molecule has 60 heavy (non-hydrogen) atoms. The van der Waals surface area contributed by atoms with Gasteiger partial charge in [-0.25, -0.2) is 0 Å². The summed E-state index contributed by atoms with van der Waals surface area (Å²) in [4.78, 5) is 0. The molecule has 0 radical (unpaired) electrons. The van der Waals surface area contributed by atoms with E-state index >= 15 is 0 Å². The van der Waals surface area contributed by atoms with Gasteiger partial charge in [-0.1, -0.05) is 0 Å². The number of allylic oxidation sites excluding steroid dienone is 4. The molecular formula is C53H46Cl6Zr. The maximum absolute atomic E-state index is 6.45. The molecule has 0 fully saturated rings. The number of alkyl halides is 6. The monoisotopic (exact) mass is 982 g/mol. The number of benzene rings is 6. The molecule has 0 saturated heterocycles. The number of fused-ring (bicyclic) bond motifs is 3. The van der Waals surface area contributed by atoms with E-state index in [4.69, 9.17) is 69.6 Å². The third-order valence-electron chi connectivity index (χ3n) is 11.8. The Bertz CT molecular complexity index is 2500. The van der Waals surface area contributed by atoms with Crippen LogP contribution in [0.2, 0.25) is 0 Å². The van der Waals surface area contributed by atoms with Gasteiger partial charge in [0.1, 0.15) is 0 Å². The summed E-state index contributed by atoms with van der Waals surface area (Å²) in [7, 11) is 0. The van der Waals surface area contributed by atoms with Gasteiger partial charge >= 0.3 is 397 Å². The van der Waals surface area contributed by atoms with E-state index in [-0.39, 0.29) is 14.5 Å². The van der Waals surface area contributed by atoms with Gasteiger partial charge in [0.25, 0.3) is 0 Å². The van der Waals surface area contributed by atoms with Crippen LogP contribution in [-0.4, -0.2) is 3.21 Å². The molecule has 2 aliphatic carbocycles. The fourth-order valence-corrected chi connectivity index (χ4v) is 18.6. The third-order valence-corrected chi connectivity index (χ3v) is 21.4. The van der Waals surface area contributed by atoms with Crippen molar-refractivity contribution in [3.05, 3.63) is 199 Å². The van der Waals surface area contributed by atoms with E-state index in [0.717, 1.165) is 17.5 Å². The molecule has 0 bridgehead atoms. The van der Waals surface area contributed by atoms with Crippen molar-refractivity contribution in [2.45, 2.75) is 70.0 Å². The number of halogens is 6. The van der Waals surface area contributed by atoms with Gasteiger partial charge in [0, 0.05) is 0 Å². The summed E-state index contributed by atoms with van der Waals surface area (Å²) < 4.78 is -0.137. The van der Waals surface area contributed by atoms with Gasteiger partial charge in [0.2, 0.25) is 0 Å². The second kappa shape index (κ2) is 16.8. The first-order valence-corrected chi connectivity index (χ1v) is 26.4. The van der Waals surface area contributed by atoms with Crippen molar-refractivity contribution in [2.24, 2.45) is 0 Å². The number of hydrogen-bond acceptors (Lipinski definition) is 0. The average molecular weight is 987 g/mol. The average Bonchev–Trinajstić information content (AvgIpc) is 3.85. The van der Waals surface area contributed by atoms with Crippen molar-refractivity contribution in [3.63, 3.8) is 0 Å². The third kappa shape index (κ3) is 8.77. The van der Waals surface area contributed by atoms with E-state index in [2.05, 4.69) is 169 Å². The van der Waals surface area contributed by atoms with Crippen molar-refractivity contribution < 1.29 is 21.3 Å². The zero-order chi connectivity index (χ0) is 42.8. The Labute approximate surface area is 393 Å². The molecule has 0 unspecified atom stereocenters. The van der Waals surface area contributed by atoms with Crippen LogP contribution in [0.3, 0.4) is 0 Å². The Balaban J connectivity index is 1.54. The molecule has 0 amide bonds. The fourth-order valence-electron chi connectivity index (χ4n) is 8.88. The van der Waals surface area contributed by atoms with E-state index in [9.17, 15) is 0 Å². The standard InChI is InChI=1S/C33H33.C15H8Cl6.C5H5.Zr/c1-32(2,3)30-20-26-24(18-28(30)22-13-9-7-10-14-22)17-25-19-29(23-15-11-8-12-16-23)31(21-27(25)26)33(4,5)6;16-14(17,18)12-5-1-10(2-6-12)9-11-3-7-13(8-4-11)15(19,20)21;1-2-4-5-3-1;/h7-21H,1-6H3;1-8H;1-3H,4H2;. The summed E-state index contributed by atoms with van der Waals surface area (Å²) in [6, 6.07) is 48.2. The summed E-state index contributed by atoms with van der Waals surface area (Å²) in [6.07, 6.45) is 7.83. The van der Waals surface area contributed by atoms with Crippen LogP contribution in [0, 0.1) is 0 Å². The molecule has 2 aliphatic rings. The van der Waals surface area contributed by atoms with Gasteiger partial charge < -0.3 is 0 Å². The molecule has 0 aromatic heterocycles. The second-order valence-corrected chi connectivity index (χ2v) is 28.7. The molecule has 304 valence electrons. The van der Waals surface area contributed by atoms with Gasteiger partial charge in [-0.2, -0.15) is 0 Å². The summed E-state index contributed by atoms with van der Waals surface area (Å²) in [6.45, 7) is 14.0. The molecule has 0 heterocycles. The van der Waals surface area contributed by atoms with Crippen LogP contribution in [0.4, 0.5) is 0 Å². The van der Waals surface area contributed by atoms with Crippen molar-refractivity contribution in [2.75, 3.05) is 0 Å². The maximum atomic E-state index is 6.45. The quantitative estimate of drug-likeness (QED) is 0.146. The van der Waals surface area contributed by atoms with E-state index in [1.54, 1.807) is 0 Å². The molecule has 0 spiro atoms. The first-order chi connectivity index (χ1) is 28.3. The molecule has 0 atom stereocenters. The summed E-state index contributed by atoms with van der Waals surface area (Å²) in [5.74, 6) is 0. The van der Waals surface area contributed by atoms with Crippen molar-refractivity contribution in [1.29, 1.82) is 0 Å². The molecule has 8 rings (SSSR count). The van der Waals surface area contributed by atoms with Gasteiger partial charge in [-0.15, -0.1) is 0 Å². The minimum absolute atomic E-state index is 0.111. The first kappa shape index (κ1) is 43.9.